The number of aliphatic hydroxyl groups excluding tert-OH is 1. The van der Waals surface area contributed by atoms with Crippen molar-refractivity contribution in [2.24, 2.45) is 34.0 Å². The van der Waals surface area contributed by atoms with Crippen molar-refractivity contribution >= 4 is 29.7 Å². The number of nitrogens with zero attached hydrogens (tertiary/aromatic N) is 1. The number of nitrogens with two attached hydrogens (primary N) is 3. The van der Waals surface area contributed by atoms with Gasteiger partial charge in [-0.2, -0.15) is 0 Å². The van der Waals surface area contributed by atoms with Crippen LogP contribution in [0.5, 0.6) is 0 Å². The summed E-state index contributed by atoms with van der Waals surface area (Å²) in [7, 11) is 0. The molecule has 13 heteroatoms. The third kappa shape index (κ3) is 11.8. The number of aliphatic imine (C=N–C) groups is 1. The molecular formula is C21H41N7O6. The molecular weight excluding hydrogens is 446 g/mol. The monoisotopic (exact) mass is 487 g/mol. The lowest BCUT2D eigenvalue weighted by molar-refractivity contribution is -0.143. The summed E-state index contributed by atoms with van der Waals surface area (Å²) in [5.74, 6) is -3.70. The fourth-order valence-electron chi connectivity index (χ4n) is 3.08. The van der Waals surface area contributed by atoms with E-state index in [0.29, 0.717) is 6.42 Å². The molecule has 0 aliphatic carbocycles. The van der Waals surface area contributed by atoms with E-state index in [1.54, 1.807) is 13.8 Å². The van der Waals surface area contributed by atoms with Gasteiger partial charge in [-0.1, -0.05) is 27.7 Å². The van der Waals surface area contributed by atoms with Gasteiger partial charge in [-0.3, -0.25) is 19.4 Å². The first-order valence-electron chi connectivity index (χ1n) is 11.3. The van der Waals surface area contributed by atoms with Crippen LogP contribution in [0.15, 0.2) is 4.99 Å². The molecule has 0 aliphatic heterocycles. The largest absolute Gasteiger partial charge is 0.480 e. The molecule has 0 radical (unpaired) electrons. The smallest absolute Gasteiger partial charge is 0.326 e. The second-order valence-electron chi connectivity index (χ2n) is 9.04. The Kier molecular flexibility index (Phi) is 13.8. The minimum atomic E-state index is -1.45. The number of amides is 3. The molecule has 0 aromatic rings. The molecule has 0 aliphatic rings. The highest BCUT2D eigenvalue weighted by molar-refractivity contribution is 5.94. The Morgan fingerprint density at radius 3 is 1.85 bits per heavy atom. The van der Waals surface area contributed by atoms with E-state index in [2.05, 4.69) is 20.9 Å². The minimum Gasteiger partial charge on any atom is -0.480 e. The third-order valence-electron chi connectivity index (χ3n) is 4.93. The Balaban J connectivity index is 5.29. The van der Waals surface area contributed by atoms with E-state index < -0.39 is 54.0 Å². The molecule has 196 valence electrons. The number of aliphatic carboxylic acids is 1. The van der Waals surface area contributed by atoms with E-state index in [9.17, 15) is 29.4 Å². The molecule has 0 aromatic carbocycles. The van der Waals surface area contributed by atoms with Gasteiger partial charge < -0.3 is 43.4 Å². The third-order valence-corrected chi connectivity index (χ3v) is 4.93. The molecule has 0 saturated carbocycles. The fraction of sp³-hybridized carbons (Fsp3) is 0.762. The van der Waals surface area contributed by atoms with Crippen molar-refractivity contribution in [3.05, 3.63) is 0 Å². The normalized spacial score (nSPS) is 15.6. The first-order chi connectivity index (χ1) is 15.7. The van der Waals surface area contributed by atoms with Crippen LogP contribution in [0.3, 0.4) is 0 Å². The lowest BCUT2D eigenvalue weighted by atomic mass is 9.99. The van der Waals surface area contributed by atoms with Gasteiger partial charge in [-0.25, -0.2) is 4.79 Å². The van der Waals surface area contributed by atoms with E-state index in [1.807, 2.05) is 13.8 Å². The number of hydrogen-bond acceptors (Lipinski definition) is 7. The first kappa shape index (κ1) is 31.1. The van der Waals surface area contributed by atoms with Crippen LogP contribution in [0.1, 0.15) is 53.9 Å². The molecule has 13 nitrogen and oxygen atoms in total. The van der Waals surface area contributed by atoms with Gasteiger partial charge in [-0.15, -0.1) is 0 Å². The summed E-state index contributed by atoms with van der Waals surface area (Å²) in [6.07, 6.45) is -0.612. The van der Waals surface area contributed by atoms with E-state index in [0.717, 1.165) is 0 Å². The maximum Gasteiger partial charge on any atom is 0.326 e. The second kappa shape index (κ2) is 15.1. The van der Waals surface area contributed by atoms with Crippen LogP contribution >= 0.6 is 0 Å². The molecule has 5 unspecified atom stereocenters. The number of carbonyl (C=O) groups is 4. The molecule has 0 bridgehead atoms. The quantitative estimate of drug-likeness (QED) is 0.0722. The van der Waals surface area contributed by atoms with Crippen LogP contribution in [0.2, 0.25) is 0 Å². The van der Waals surface area contributed by atoms with Gasteiger partial charge >= 0.3 is 5.97 Å². The van der Waals surface area contributed by atoms with Gasteiger partial charge in [0.1, 0.15) is 18.1 Å². The lowest BCUT2D eigenvalue weighted by Gasteiger charge is -2.28. The van der Waals surface area contributed by atoms with Crippen molar-refractivity contribution < 1.29 is 29.4 Å². The fourth-order valence-corrected chi connectivity index (χ4v) is 3.08. The van der Waals surface area contributed by atoms with Crippen molar-refractivity contribution in [3.63, 3.8) is 0 Å². The summed E-state index contributed by atoms with van der Waals surface area (Å²) >= 11 is 0. The Morgan fingerprint density at radius 2 is 1.41 bits per heavy atom. The summed E-state index contributed by atoms with van der Waals surface area (Å²) in [4.78, 5) is 53.2. The van der Waals surface area contributed by atoms with E-state index in [4.69, 9.17) is 17.2 Å². The van der Waals surface area contributed by atoms with Crippen molar-refractivity contribution in [3.8, 4) is 0 Å². The van der Waals surface area contributed by atoms with Crippen LogP contribution in [-0.2, 0) is 19.2 Å². The average Bonchev–Trinajstić information content (AvgIpc) is 2.70. The molecule has 0 spiro atoms. The highest BCUT2D eigenvalue weighted by atomic mass is 16.4. The number of guanidine groups is 1. The maximum absolute atomic E-state index is 12.9. The lowest BCUT2D eigenvalue weighted by Crippen LogP contribution is -2.60. The highest BCUT2D eigenvalue weighted by Gasteiger charge is 2.33. The first-order valence-corrected chi connectivity index (χ1v) is 11.3. The van der Waals surface area contributed by atoms with Gasteiger partial charge in [0.05, 0.1) is 12.1 Å². The highest BCUT2D eigenvalue weighted by Crippen LogP contribution is 2.08. The number of carboxylic acid groups (broad SMARTS) is 1. The number of nitrogens with one attached hydrogen (secondary N) is 3. The zero-order valence-corrected chi connectivity index (χ0v) is 20.6. The summed E-state index contributed by atoms with van der Waals surface area (Å²) in [5, 5.41) is 26.8. The summed E-state index contributed by atoms with van der Waals surface area (Å²) in [6.45, 7) is 8.68. The van der Waals surface area contributed by atoms with Crippen LogP contribution in [0, 0.1) is 11.8 Å². The molecule has 34 heavy (non-hydrogen) atoms. The predicted molar refractivity (Wildman–Crippen MR) is 127 cm³/mol. The van der Waals surface area contributed by atoms with Gasteiger partial charge in [0.2, 0.25) is 17.7 Å². The Morgan fingerprint density at radius 1 is 0.882 bits per heavy atom. The zero-order chi connectivity index (χ0) is 26.6. The number of carboxylic acids is 1. The topological polar surface area (TPSA) is 235 Å². The maximum atomic E-state index is 12.9. The Labute approximate surface area is 200 Å². The van der Waals surface area contributed by atoms with Gasteiger partial charge in [-0.05, 0) is 38.0 Å². The zero-order valence-electron chi connectivity index (χ0n) is 20.6. The number of rotatable bonds is 15. The molecule has 0 aromatic heterocycles. The van der Waals surface area contributed by atoms with Crippen molar-refractivity contribution in [1.82, 2.24) is 16.0 Å². The van der Waals surface area contributed by atoms with Crippen molar-refractivity contribution in [2.45, 2.75) is 84.2 Å². The molecule has 0 saturated heterocycles. The summed E-state index contributed by atoms with van der Waals surface area (Å²) < 4.78 is 0. The van der Waals surface area contributed by atoms with Crippen LogP contribution in [-0.4, -0.2) is 76.7 Å². The Bertz CT molecular complexity index is 722. The van der Waals surface area contributed by atoms with E-state index in [1.165, 1.54) is 6.92 Å². The van der Waals surface area contributed by atoms with Gasteiger partial charge in [0.15, 0.2) is 5.96 Å². The van der Waals surface area contributed by atoms with E-state index in [-0.39, 0.29) is 37.2 Å². The predicted octanol–water partition coefficient (Wildman–Crippen LogP) is -2.01. The molecule has 5 atom stereocenters. The standard InChI is InChI=1S/C21H41N7O6/c1-10(2)9-13(22)17(30)27-15(11(3)4)18(31)28-16(12(5)29)19(32)26-14(20(33)34)7-6-8-25-21(23)24/h10-16,29H,6-9,22H2,1-5H3,(H,26,32)(H,27,30)(H,28,31)(H,33,34)(H4,23,24,25). The molecule has 11 N–H and O–H groups in total. The number of aliphatic hydroxyl groups is 1. The van der Waals surface area contributed by atoms with E-state index >= 15 is 0 Å². The molecule has 3 amide bonds. The number of carbonyl (C=O) groups excluding carboxylic acids is 3. The summed E-state index contributed by atoms with van der Waals surface area (Å²) in [6, 6.07) is -4.56. The number of hydrogen-bond donors (Lipinski definition) is 8. The van der Waals surface area contributed by atoms with Crippen molar-refractivity contribution in [1.29, 1.82) is 0 Å². The SMILES string of the molecule is CC(C)CC(N)C(=O)NC(C(=O)NC(C(=O)NC(CCCN=C(N)N)C(=O)O)C(C)O)C(C)C. The minimum absolute atomic E-state index is 0.0245. The summed E-state index contributed by atoms with van der Waals surface area (Å²) in [5.41, 5.74) is 16.3. The Hall–Kier alpha value is -2.93. The molecule has 0 fully saturated rings. The van der Waals surface area contributed by atoms with Crippen LogP contribution in [0.4, 0.5) is 0 Å². The van der Waals surface area contributed by atoms with Gasteiger partial charge in [0.25, 0.3) is 0 Å². The van der Waals surface area contributed by atoms with Crippen LogP contribution in [0.25, 0.3) is 0 Å². The van der Waals surface area contributed by atoms with Crippen molar-refractivity contribution in [2.75, 3.05) is 6.54 Å². The second-order valence-corrected chi connectivity index (χ2v) is 9.04. The molecule has 0 rings (SSSR count). The van der Waals surface area contributed by atoms with Gasteiger partial charge in [0, 0.05) is 6.54 Å². The average molecular weight is 488 g/mol. The molecule has 0 heterocycles. The van der Waals surface area contributed by atoms with Crippen LogP contribution < -0.4 is 33.2 Å².